The summed E-state index contributed by atoms with van der Waals surface area (Å²) in [6.07, 6.45) is 11.2. The van der Waals surface area contributed by atoms with Gasteiger partial charge in [-0.15, -0.1) is 0 Å². The summed E-state index contributed by atoms with van der Waals surface area (Å²) in [4.78, 5) is 0. The Morgan fingerprint density at radius 2 is 1.79 bits per heavy atom. The second kappa shape index (κ2) is 6.44. The predicted octanol–water partition coefficient (Wildman–Crippen LogP) is 3.72. The van der Waals surface area contributed by atoms with E-state index in [4.69, 9.17) is 5.73 Å². The van der Waals surface area contributed by atoms with E-state index in [0.717, 1.165) is 11.8 Å². The summed E-state index contributed by atoms with van der Waals surface area (Å²) in [5, 5.41) is 0. The molecule has 2 N–H and O–H groups in total. The highest BCUT2D eigenvalue weighted by Crippen LogP contribution is 2.27. The topological polar surface area (TPSA) is 26.0 Å². The summed E-state index contributed by atoms with van der Waals surface area (Å²) in [5.74, 6) is 1.76. The molecule has 0 aromatic carbocycles. The summed E-state index contributed by atoms with van der Waals surface area (Å²) in [6.45, 7) is 4.53. The maximum atomic E-state index is 6.09. The molecule has 0 aromatic rings. The van der Waals surface area contributed by atoms with Crippen LogP contribution in [-0.4, -0.2) is 6.04 Å². The fourth-order valence-electron chi connectivity index (χ4n) is 2.65. The molecule has 14 heavy (non-hydrogen) atoms. The van der Waals surface area contributed by atoms with E-state index in [2.05, 4.69) is 13.8 Å². The Labute approximate surface area is 89.5 Å². The molecule has 0 aromatic heterocycles. The first-order valence-electron chi connectivity index (χ1n) is 6.44. The molecule has 1 fully saturated rings. The minimum Gasteiger partial charge on any atom is -0.328 e. The lowest BCUT2D eigenvalue weighted by molar-refractivity contribution is 0.315. The second-order valence-electron chi connectivity index (χ2n) is 5.47. The molecule has 0 spiro atoms. The van der Waals surface area contributed by atoms with Gasteiger partial charge in [-0.1, -0.05) is 46.0 Å². The van der Waals surface area contributed by atoms with Crippen LogP contribution in [0.2, 0.25) is 0 Å². The van der Waals surface area contributed by atoms with E-state index in [1.807, 2.05) is 0 Å². The molecule has 0 heterocycles. The molecule has 1 nitrogen and oxygen atoms in total. The van der Waals surface area contributed by atoms with Crippen molar-refractivity contribution in [2.24, 2.45) is 17.6 Å². The molecule has 84 valence electrons. The van der Waals surface area contributed by atoms with Crippen LogP contribution in [0.15, 0.2) is 0 Å². The summed E-state index contributed by atoms with van der Waals surface area (Å²) in [6, 6.07) is 0.455. The highest BCUT2D eigenvalue weighted by atomic mass is 14.6. The van der Waals surface area contributed by atoms with Crippen LogP contribution in [0, 0.1) is 11.8 Å². The van der Waals surface area contributed by atoms with Crippen LogP contribution >= 0.6 is 0 Å². The summed E-state index contributed by atoms with van der Waals surface area (Å²) < 4.78 is 0. The van der Waals surface area contributed by atoms with E-state index in [0.29, 0.717) is 6.04 Å². The fraction of sp³-hybridized carbons (Fsp3) is 1.00. The van der Waals surface area contributed by atoms with E-state index in [1.54, 1.807) is 0 Å². The van der Waals surface area contributed by atoms with Crippen molar-refractivity contribution in [1.82, 2.24) is 0 Å². The van der Waals surface area contributed by atoms with E-state index in [1.165, 1.54) is 51.4 Å². The molecule has 0 bridgehead atoms. The van der Waals surface area contributed by atoms with Crippen molar-refractivity contribution in [3.63, 3.8) is 0 Å². The molecule has 0 radical (unpaired) electrons. The van der Waals surface area contributed by atoms with Crippen molar-refractivity contribution < 1.29 is 0 Å². The largest absolute Gasteiger partial charge is 0.328 e. The van der Waals surface area contributed by atoms with Gasteiger partial charge in [-0.3, -0.25) is 0 Å². The first kappa shape index (κ1) is 12.0. The third-order valence-electron chi connectivity index (χ3n) is 3.44. The predicted molar refractivity (Wildman–Crippen MR) is 63.2 cm³/mol. The Bertz CT molecular complexity index is 136. The molecule has 1 unspecified atom stereocenters. The SMILES string of the molecule is CC(C)CC(N)CCC1CCCCC1. The smallest absolute Gasteiger partial charge is 0.00413 e. The van der Waals surface area contributed by atoms with Crippen molar-refractivity contribution in [3.05, 3.63) is 0 Å². The Morgan fingerprint density at radius 1 is 1.14 bits per heavy atom. The summed E-state index contributed by atoms with van der Waals surface area (Å²) >= 11 is 0. The zero-order valence-electron chi connectivity index (χ0n) is 9.97. The van der Waals surface area contributed by atoms with Gasteiger partial charge in [0, 0.05) is 6.04 Å². The fourth-order valence-corrected chi connectivity index (χ4v) is 2.65. The molecule has 1 heteroatoms. The average molecular weight is 197 g/mol. The number of hydrogen-bond acceptors (Lipinski definition) is 1. The van der Waals surface area contributed by atoms with Gasteiger partial charge in [0.1, 0.15) is 0 Å². The van der Waals surface area contributed by atoms with E-state index < -0.39 is 0 Å². The molecular weight excluding hydrogens is 170 g/mol. The van der Waals surface area contributed by atoms with Gasteiger partial charge in [-0.05, 0) is 31.1 Å². The van der Waals surface area contributed by atoms with Gasteiger partial charge in [0.05, 0.1) is 0 Å². The summed E-state index contributed by atoms with van der Waals surface area (Å²) in [5.41, 5.74) is 6.09. The minimum absolute atomic E-state index is 0.455. The Balaban J connectivity index is 2.06. The molecule has 0 aliphatic heterocycles. The lowest BCUT2D eigenvalue weighted by Gasteiger charge is -2.23. The van der Waals surface area contributed by atoms with Gasteiger partial charge in [0.25, 0.3) is 0 Å². The van der Waals surface area contributed by atoms with Crippen molar-refractivity contribution in [2.75, 3.05) is 0 Å². The Hall–Kier alpha value is -0.0400. The molecule has 1 aliphatic carbocycles. The van der Waals surface area contributed by atoms with Gasteiger partial charge >= 0.3 is 0 Å². The first-order chi connectivity index (χ1) is 6.68. The quantitative estimate of drug-likeness (QED) is 0.714. The molecule has 1 atom stereocenters. The van der Waals surface area contributed by atoms with Gasteiger partial charge in [0.15, 0.2) is 0 Å². The first-order valence-corrected chi connectivity index (χ1v) is 6.44. The van der Waals surface area contributed by atoms with Gasteiger partial charge < -0.3 is 5.73 Å². The summed E-state index contributed by atoms with van der Waals surface area (Å²) in [7, 11) is 0. The average Bonchev–Trinajstić information content (AvgIpc) is 2.15. The lowest BCUT2D eigenvalue weighted by Crippen LogP contribution is -2.23. The van der Waals surface area contributed by atoms with Crippen molar-refractivity contribution in [3.8, 4) is 0 Å². The number of rotatable bonds is 5. The van der Waals surface area contributed by atoms with Crippen LogP contribution in [0.1, 0.15) is 65.2 Å². The van der Waals surface area contributed by atoms with Crippen LogP contribution in [0.3, 0.4) is 0 Å². The van der Waals surface area contributed by atoms with Crippen molar-refractivity contribution in [1.29, 1.82) is 0 Å². The van der Waals surface area contributed by atoms with E-state index >= 15 is 0 Å². The van der Waals surface area contributed by atoms with E-state index in [9.17, 15) is 0 Å². The molecule has 0 amide bonds. The maximum absolute atomic E-state index is 6.09. The van der Waals surface area contributed by atoms with Gasteiger partial charge in [0.2, 0.25) is 0 Å². The van der Waals surface area contributed by atoms with Gasteiger partial charge in [-0.2, -0.15) is 0 Å². The Morgan fingerprint density at radius 3 is 2.36 bits per heavy atom. The third-order valence-corrected chi connectivity index (χ3v) is 3.44. The molecule has 1 rings (SSSR count). The lowest BCUT2D eigenvalue weighted by atomic mass is 9.84. The van der Waals surface area contributed by atoms with Crippen LogP contribution < -0.4 is 5.73 Å². The second-order valence-corrected chi connectivity index (χ2v) is 5.47. The number of nitrogens with two attached hydrogens (primary N) is 1. The van der Waals surface area contributed by atoms with Gasteiger partial charge in [-0.25, -0.2) is 0 Å². The van der Waals surface area contributed by atoms with Crippen molar-refractivity contribution >= 4 is 0 Å². The maximum Gasteiger partial charge on any atom is 0.00413 e. The third kappa shape index (κ3) is 4.99. The molecule has 0 saturated heterocycles. The zero-order chi connectivity index (χ0) is 10.4. The van der Waals surface area contributed by atoms with Crippen LogP contribution in [0.4, 0.5) is 0 Å². The molecule has 1 aliphatic rings. The monoisotopic (exact) mass is 197 g/mol. The van der Waals surface area contributed by atoms with Crippen LogP contribution in [0.5, 0.6) is 0 Å². The minimum atomic E-state index is 0.455. The molecule has 1 saturated carbocycles. The van der Waals surface area contributed by atoms with E-state index in [-0.39, 0.29) is 0 Å². The molecular formula is C13H27N. The Kier molecular flexibility index (Phi) is 5.54. The standard InChI is InChI=1S/C13H27N/c1-11(2)10-13(14)9-8-12-6-4-3-5-7-12/h11-13H,3-10,14H2,1-2H3. The normalized spacial score (nSPS) is 21.4. The highest BCUT2D eigenvalue weighted by molar-refractivity contribution is 4.70. The van der Waals surface area contributed by atoms with Crippen LogP contribution in [0.25, 0.3) is 0 Å². The van der Waals surface area contributed by atoms with Crippen molar-refractivity contribution in [2.45, 2.75) is 71.3 Å². The zero-order valence-corrected chi connectivity index (χ0v) is 9.97. The number of hydrogen-bond donors (Lipinski definition) is 1. The van der Waals surface area contributed by atoms with Crippen LogP contribution in [-0.2, 0) is 0 Å². The highest BCUT2D eigenvalue weighted by Gasteiger charge is 2.14.